The highest BCUT2D eigenvalue weighted by Gasteiger charge is 2.31. The third kappa shape index (κ3) is 5.11. The highest BCUT2D eigenvalue weighted by atomic mass is 16.5. The third-order valence-corrected chi connectivity index (χ3v) is 4.52. The van der Waals surface area contributed by atoms with Gasteiger partial charge in [0.05, 0.1) is 6.61 Å². The Morgan fingerprint density at radius 2 is 1.75 bits per heavy atom. The summed E-state index contributed by atoms with van der Waals surface area (Å²) < 4.78 is 10.6. The molecule has 6 heteroatoms. The van der Waals surface area contributed by atoms with Crippen molar-refractivity contribution in [3.63, 3.8) is 0 Å². The lowest BCUT2D eigenvalue weighted by molar-refractivity contribution is 0.0515. The van der Waals surface area contributed by atoms with Gasteiger partial charge >= 0.3 is 6.09 Å². The number of rotatable bonds is 7. The minimum Gasteiger partial charge on any atom is -0.491 e. The molecule has 0 bridgehead atoms. The first-order chi connectivity index (χ1) is 11.4. The maximum Gasteiger partial charge on any atom is 0.407 e. The zero-order chi connectivity index (χ0) is 17.6. The number of piperazine rings is 1. The normalized spacial score (nSPS) is 16.2. The van der Waals surface area contributed by atoms with Crippen LogP contribution in [0, 0.1) is 0 Å². The van der Waals surface area contributed by atoms with E-state index in [1.807, 2.05) is 12.1 Å². The molecule has 0 saturated carbocycles. The molecular weight excluding hydrogens is 308 g/mol. The zero-order valence-electron chi connectivity index (χ0n) is 14.8. The number of amides is 1. The van der Waals surface area contributed by atoms with Gasteiger partial charge in [-0.25, -0.2) is 4.79 Å². The number of benzene rings is 1. The van der Waals surface area contributed by atoms with Gasteiger partial charge in [-0.05, 0) is 38.0 Å². The average molecular weight is 336 g/mol. The second-order valence-electron chi connectivity index (χ2n) is 6.73. The molecule has 1 aromatic rings. The number of nitrogens with zero attached hydrogens (tertiary/aromatic N) is 2. The zero-order valence-corrected chi connectivity index (χ0v) is 14.8. The van der Waals surface area contributed by atoms with Crippen molar-refractivity contribution in [1.29, 1.82) is 0 Å². The van der Waals surface area contributed by atoms with E-state index in [4.69, 9.17) is 14.6 Å². The topological polar surface area (TPSA) is 62.2 Å². The van der Waals surface area contributed by atoms with E-state index in [1.165, 1.54) is 10.5 Å². The Bertz CT molecular complexity index is 522. The second-order valence-corrected chi connectivity index (χ2v) is 6.73. The number of methoxy groups -OCH3 is 1. The Hall–Kier alpha value is -1.79. The molecule has 24 heavy (non-hydrogen) atoms. The van der Waals surface area contributed by atoms with E-state index in [1.54, 1.807) is 7.11 Å². The van der Waals surface area contributed by atoms with E-state index in [2.05, 4.69) is 30.9 Å². The van der Waals surface area contributed by atoms with E-state index in [0.29, 0.717) is 26.3 Å². The lowest BCUT2D eigenvalue weighted by atomic mass is 9.92. The largest absolute Gasteiger partial charge is 0.491 e. The molecule has 1 aliphatic rings. The van der Waals surface area contributed by atoms with Gasteiger partial charge in [0.25, 0.3) is 0 Å². The van der Waals surface area contributed by atoms with Crippen LogP contribution in [-0.4, -0.2) is 73.0 Å². The molecule has 2 rings (SSSR count). The lowest BCUT2D eigenvalue weighted by Crippen LogP contribution is -2.56. The first-order valence-electron chi connectivity index (χ1n) is 8.36. The molecule has 1 amide bonds. The molecule has 0 radical (unpaired) electrons. The molecule has 0 aliphatic carbocycles. The molecule has 1 N–H and O–H groups in total. The van der Waals surface area contributed by atoms with E-state index in [-0.39, 0.29) is 5.54 Å². The third-order valence-electron chi connectivity index (χ3n) is 4.52. The molecule has 6 nitrogen and oxygen atoms in total. The molecule has 1 fully saturated rings. The molecule has 1 aliphatic heterocycles. The molecule has 0 atom stereocenters. The van der Waals surface area contributed by atoms with Crippen LogP contribution < -0.4 is 4.74 Å². The molecule has 0 aromatic heterocycles. The van der Waals surface area contributed by atoms with Crippen LogP contribution in [0.2, 0.25) is 0 Å². The molecule has 1 heterocycles. The van der Waals surface area contributed by atoms with Crippen molar-refractivity contribution in [2.45, 2.75) is 25.8 Å². The summed E-state index contributed by atoms with van der Waals surface area (Å²) in [4.78, 5) is 14.9. The number of carbonyl (C=O) groups is 1. The van der Waals surface area contributed by atoms with Gasteiger partial charge in [0.1, 0.15) is 12.4 Å². The number of hydrogen-bond acceptors (Lipinski definition) is 4. The van der Waals surface area contributed by atoms with Crippen molar-refractivity contribution in [2.24, 2.45) is 0 Å². The van der Waals surface area contributed by atoms with Gasteiger partial charge in [-0.1, -0.05) is 12.1 Å². The molecule has 0 spiro atoms. The highest BCUT2D eigenvalue weighted by molar-refractivity contribution is 5.65. The van der Waals surface area contributed by atoms with E-state index in [9.17, 15) is 4.79 Å². The number of carboxylic acid groups (broad SMARTS) is 1. The Kier molecular flexibility index (Phi) is 6.45. The van der Waals surface area contributed by atoms with Gasteiger partial charge in [0.15, 0.2) is 0 Å². The summed E-state index contributed by atoms with van der Waals surface area (Å²) in [7, 11) is 1.66. The minimum atomic E-state index is -0.823. The van der Waals surface area contributed by atoms with Gasteiger partial charge in [-0.15, -0.1) is 0 Å². The molecular formula is C18H28N2O4. The smallest absolute Gasteiger partial charge is 0.407 e. The number of ether oxygens (including phenoxy) is 2. The summed E-state index contributed by atoms with van der Waals surface area (Å²) in [5.74, 6) is 0.851. The highest BCUT2D eigenvalue weighted by Crippen LogP contribution is 2.23. The Morgan fingerprint density at radius 3 is 2.29 bits per heavy atom. The van der Waals surface area contributed by atoms with Gasteiger partial charge in [0, 0.05) is 38.8 Å². The average Bonchev–Trinajstić information content (AvgIpc) is 2.56. The predicted octanol–water partition coefficient (Wildman–Crippen LogP) is 2.33. The first-order valence-corrected chi connectivity index (χ1v) is 8.36. The van der Waals surface area contributed by atoms with Gasteiger partial charge in [0.2, 0.25) is 0 Å². The van der Waals surface area contributed by atoms with Crippen molar-refractivity contribution < 1.29 is 19.4 Å². The lowest BCUT2D eigenvalue weighted by Gasteiger charge is -2.43. The van der Waals surface area contributed by atoms with Crippen LogP contribution in [0.15, 0.2) is 24.3 Å². The van der Waals surface area contributed by atoms with Crippen molar-refractivity contribution in [2.75, 3.05) is 46.5 Å². The fourth-order valence-corrected chi connectivity index (χ4v) is 3.06. The molecule has 1 aromatic carbocycles. The van der Waals surface area contributed by atoms with Crippen molar-refractivity contribution in [1.82, 2.24) is 9.80 Å². The van der Waals surface area contributed by atoms with Crippen LogP contribution in [-0.2, 0) is 11.2 Å². The van der Waals surface area contributed by atoms with Crippen molar-refractivity contribution >= 4 is 6.09 Å². The van der Waals surface area contributed by atoms with Crippen molar-refractivity contribution in [3.05, 3.63) is 29.8 Å². The standard InChI is InChI=1S/C18H28N2O4/c1-18(2,20-10-8-19(9-11-20)17(21)22)14-15-4-6-16(7-5-15)24-13-12-23-3/h4-7H,8-14H2,1-3H3,(H,21,22). The van der Waals surface area contributed by atoms with Crippen LogP contribution in [0.3, 0.4) is 0 Å². The SMILES string of the molecule is COCCOc1ccc(CC(C)(C)N2CCN(C(=O)O)CC2)cc1. The fraction of sp³-hybridized carbons (Fsp3) is 0.611. The Labute approximate surface area is 144 Å². The van der Waals surface area contributed by atoms with E-state index >= 15 is 0 Å². The van der Waals surface area contributed by atoms with Gasteiger partial charge < -0.3 is 19.5 Å². The van der Waals surface area contributed by atoms with Crippen LogP contribution in [0.5, 0.6) is 5.75 Å². The number of hydrogen-bond donors (Lipinski definition) is 1. The van der Waals surface area contributed by atoms with Gasteiger partial charge in [-0.3, -0.25) is 4.90 Å². The van der Waals surface area contributed by atoms with Gasteiger partial charge in [-0.2, -0.15) is 0 Å². The summed E-state index contributed by atoms with van der Waals surface area (Å²) in [6, 6.07) is 8.17. The van der Waals surface area contributed by atoms with Crippen molar-refractivity contribution in [3.8, 4) is 5.75 Å². The Morgan fingerprint density at radius 1 is 1.12 bits per heavy atom. The molecule has 134 valence electrons. The summed E-state index contributed by atoms with van der Waals surface area (Å²) in [6.45, 7) is 8.26. The first kappa shape index (κ1) is 18.5. The van der Waals surface area contributed by atoms with Crippen LogP contribution >= 0.6 is 0 Å². The van der Waals surface area contributed by atoms with E-state index < -0.39 is 6.09 Å². The fourth-order valence-electron chi connectivity index (χ4n) is 3.06. The molecule has 1 saturated heterocycles. The second kappa shape index (κ2) is 8.35. The minimum absolute atomic E-state index is 0.0109. The maximum atomic E-state index is 11.0. The van der Waals surface area contributed by atoms with Crippen LogP contribution in [0.4, 0.5) is 4.79 Å². The quantitative estimate of drug-likeness (QED) is 0.774. The summed E-state index contributed by atoms with van der Waals surface area (Å²) in [6.07, 6.45) is 0.0924. The maximum absolute atomic E-state index is 11.0. The Balaban J connectivity index is 1.88. The summed E-state index contributed by atoms with van der Waals surface area (Å²) in [5, 5.41) is 9.05. The molecule has 0 unspecified atom stereocenters. The monoisotopic (exact) mass is 336 g/mol. The van der Waals surface area contributed by atoms with E-state index in [0.717, 1.165) is 25.3 Å². The van der Waals surface area contributed by atoms with Crippen LogP contribution in [0.1, 0.15) is 19.4 Å². The summed E-state index contributed by atoms with van der Waals surface area (Å²) >= 11 is 0. The summed E-state index contributed by atoms with van der Waals surface area (Å²) in [5.41, 5.74) is 1.24. The predicted molar refractivity (Wildman–Crippen MR) is 92.8 cm³/mol. The van der Waals surface area contributed by atoms with Crippen LogP contribution in [0.25, 0.3) is 0 Å².